The Labute approximate surface area is 169 Å². The highest BCUT2D eigenvalue weighted by molar-refractivity contribution is 6.33. The number of rotatable bonds is 7. The lowest BCUT2D eigenvalue weighted by atomic mass is 10.1. The molecular weight excluding hydrogens is 376 g/mol. The summed E-state index contributed by atoms with van der Waals surface area (Å²) in [5.41, 5.74) is 2.29. The third-order valence-electron chi connectivity index (χ3n) is 4.33. The smallest absolute Gasteiger partial charge is 0.225 e. The highest BCUT2D eigenvalue weighted by Crippen LogP contribution is 2.30. The molecule has 0 spiro atoms. The van der Waals surface area contributed by atoms with E-state index in [0.29, 0.717) is 22.5 Å². The molecule has 1 heterocycles. The Kier molecular flexibility index (Phi) is 6.34. The van der Waals surface area contributed by atoms with Crippen LogP contribution >= 0.6 is 11.6 Å². The van der Waals surface area contributed by atoms with Gasteiger partial charge in [-0.25, -0.2) is 4.98 Å². The molecule has 0 aliphatic heterocycles. The number of nitrogens with zero attached hydrogens (tertiary/aromatic N) is 2. The second kappa shape index (κ2) is 8.91. The van der Waals surface area contributed by atoms with Crippen LogP contribution in [0.3, 0.4) is 0 Å². The van der Waals surface area contributed by atoms with Crippen LogP contribution in [0.5, 0.6) is 5.75 Å². The second-order valence-electron chi connectivity index (χ2n) is 6.79. The summed E-state index contributed by atoms with van der Waals surface area (Å²) in [7, 11) is 0. The van der Waals surface area contributed by atoms with E-state index in [9.17, 15) is 10.2 Å². The number of halogens is 1. The standard InChI is InChI=1S/C21H23ClN4O2/c1-13(2)19(12-27)25-21-24-18(14-6-4-3-5-7-14)11-20(26-21)23-17-9-8-15(28)10-16(17)22/h3-11,13,19,27-28H,12H2,1-2H3,(H2,23,24,25,26)/t19-/m0/s1. The maximum Gasteiger partial charge on any atom is 0.225 e. The number of aromatic nitrogens is 2. The summed E-state index contributed by atoms with van der Waals surface area (Å²) in [6.45, 7) is 4.01. The van der Waals surface area contributed by atoms with Crippen LogP contribution in [0.15, 0.2) is 54.6 Å². The number of hydrogen-bond donors (Lipinski definition) is 4. The van der Waals surface area contributed by atoms with Crippen LogP contribution in [-0.2, 0) is 0 Å². The van der Waals surface area contributed by atoms with Crippen LogP contribution in [0.1, 0.15) is 13.8 Å². The van der Waals surface area contributed by atoms with Gasteiger partial charge in [-0.05, 0) is 18.1 Å². The highest BCUT2D eigenvalue weighted by atomic mass is 35.5. The molecule has 0 saturated carbocycles. The zero-order valence-electron chi connectivity index (χ0n) is 15.7. The van der Waals surface area contributed by atoms with E-state index in [1.165, 1.54) is 6.07 Å². The number of anilines is 3. The van der Waals surface area contributed by atoms with Crippen molar-refractivity contribution < 1.29 is 10.2 Å². The van der Waals surface area contributed by atoms with Gasteiger partial charge in [0.05, 0.1) is 29.1 Å². The maximum atomic E-state index is 9.64. The number of nitrogens with one attached hydrogen (secondary N) is 2. The number of phenols is 1. The maximum absolute atomic E-state index is 9.64. The van der Waals surface area contributed by atoms with E-state index in [0.717, 1.165) is 11.3 Å². The Bertz CT molecular complexity index is 935. The Balaban J connectivity index is 1.99. The van der Waals surface area contributed by atoms with Crippen molar-refractivity contribution in [3.8, 4) is 17.0 Å². The summed E-state index contributed by atoms with van der Waals surface area (Å²) in [5.74, 6) is 1.25. The van der Waals surface area contributed by atoms with Crippen molar-refractivity contribution in [3.05, 3.63) is 59.6 Å². The van der Waals surface area contributed by atoms with Gasteiger partial charge in [0.1, 0.15) is 11.6 Å². The summed E-state index contributed by atoms with van der Waals surface area (Å²) >= 11 is 6.21. The van der Waals surface area contributed by atoms with Crippen LogP contribution < -0.4 is 10.6 Å². The van der Waals surface area contributed by atoms with Crippen LogP contribution in [0, 0.1) is 5.92 Å². The van der Waals surface area contributed by atoms with Gasteiger partial charge < -0.3 is 20.8 Å². The number of aliphatic hydroxyl groups is 1. The van der Waals surface area contributed by atoms with Crippen molar-refractivity contribution in [2.75, 3.05) is 17.2 Å². The molecule has 0 fully saturated rings. The minimum Gasteiger partial charge on any atom is -0.508 e. The van der Waals surface area contributed by atoms with Crippen LogP contribution in [0.25, 0.3) is 11.3 Å². The van der Waals surface area contributed by atoms with Crippen molar-refractivity contribution in [1.82, 2.24) is 9.97 Å². The first-order valence-electron chi connectivity index (χ1n) is 9.03. The zero-order chi connectivity index (χ0) is 20.1. The van der Waals surface area contributed by atoms with E-state index < -0.39 is 0 Å². The number of aromatic hydroxyl groups is 1. The van der Waals surface area contributed by atoms with Crippen molar-refractivity contribution >= 4 is 29.1 Å². The Hall–Kier alpha value is -2.83. The van der Waals surface area contributed by atoms with E-state index in [1.54, 1.807) is 12.1 Å². The molecule has 7 heteroatoms. The van der Waals surface area contributed by atoms with E-state index in [1.807, 2.05) is 50.2 Å². The predicted octanol–water partition coefficient (Wildman–Crippen LogP) is 4.68. The summed E-state index contributed by atoms with van der Waals surface area (Å²) in [6, 6.07) is 16.1. The Morgan fingerprint density at radius 2 is 1.79 bits per heavy atom. The zero-order valence-corrected chi connectivity index (χ0v) is 16.5. The van der Waals surface area contributed by atoms with Crippen molar-refractivity contribution in [2.45, 2.75) is 19.9 Å². The number of aliphatic hydroxyl groups excluding tert-OH is 1. The normalized spacial score (nSPS) is 12.0. The van der Waals surface area contributed by atoms with Crippen molar-refractivity contribution in [1.29, 1.82) is 0 Å². The molecule has 0 aliphatic rings. The first-order chi connectivity index (χ1) is 13.5. The molecule has 146 valence electrons. The molecule has 0 aliphatic carbocycles. The third kappa shape index (κ3) is 4.91. The van der Waals surface area contributed by atoms with Crippen molar-refractivity contribution in [2.24, 2.45) is 5.92 Å². The molecule has 3 rings (SSSR count). The van der Waals surface area contributed by atoms with Gasteiger partial charge in [-0.3, -0.25) is 0 Å². The molecule has 1 aromatic heterocycles. The number of hydrogen-bond acceptors (Lipinski definition) is 6. The van der Waals surface area contributed by atoms with Gasteiger partial charge >= 0.3 is 0 Å². The quantitative estimate of drug-likeness (QED) is 0.432. The van der Waals surface area contributed by atoms with Gasteiger partial charge in [-0.15, -0.1) is 0 Å². The molecule has 0 bridgehead atoms. The van der Waals surface area contributed by atoms with Gasteiger partial charge in [-0.2, -0.15) is 4.98 Å². The average molecular weight is 399 g/mol. The molecular formula is C21H23ClN4O2. The number of phenolic OH excluding ortho intramolecular Hbond substituents is 1. The van der Waals surface area contributed by atoms with Gasteiger partial charge in [0.25, 0.3) is 0 Å². The van der Waals surface area contributed by atoms with Gasteiger partial charge in [-0.1, -0.05) is 55.8 Å². The van der Waals surface area contributed by atoms with Gasteiger partial charge in [0.15, 0.2) is 0 Å². The Morgan fingerprint density at radius 3 is 2.43 bits per heavy atom. The first kappa shape index (κ1) is 19.9. The largest absolute Gasteiger partial charge is 0.508 e. The molecule has 1 atom stereocenters. The van der Waals surface area contributed by atoms with E-state index >= 15 is 0 Å². The molecule has 0 saturated heterocycles. The fraction of sp³-hybridized carbons (Fsp3) is 0.238. The molecule has 0 unspecified atom stereocenters. The number of benzene rings is 2. The van der Waals surface area contributed by atoms with Crippen LogP contribution in [0.2, 0.25) is 5.02 Å². The molecule has 3 aromatic rings. The minimum absolute atomic E-state index is 0.0247. The highest BCUT2D eigenvalue weighted by Gasteiger charge is 2.15. The lowest BCUT2D eigenvalue weighted by molar-refractivity contribution is 0.248. The molecule has 0 amide bonds. The summed E-state index contributed by atoms with van der Waals surface area (Å²) in [5, 5.41) is 25.9. The average Bonchev–Trinajstić information content (AvgIpc) is 2.68. The topological polar surface area (TPSA) is 90.3 Å². The second-order valence-corrected chi connectivity index (χ2v) is 7.20. The SMILES string of the molecule is CC(C)[C@H](CO)Nc1nc(Nc2ccc(O)cc2Cl)cc(-c2ccccc2)n1. The van der Waals surface area contributed by atoms with E-state index in [4.69, 9.17) is 11.6 Å². The minimum atomic E-state index is -0.170. The van der Waals surface area contributed by atoms with E-state index in [-0.39, 0.29) is 24.3 Å². The van der Waals surface area contributed by atoms with E-state index in [2.05, 4.69) is 20.6 Å². The van der Waals surface area contributed by atoms with Crippen LogP contribution in [-0.4, -0.2) is 32.8 Å². The van der Waals surface area contributed by atoms with Crippen LogP contribution in [0.4, 0.5) is 17.5 Å². The lowest BCUT2D eigenvalue weighted by Gasteiger charge is -2.21. The lowest BCUT2D eigenvalue weighted by Crippen LogP contribution is -2.30. The monoisotopic (exact) mass is 398 g/mol. The molecule has 0 radical (unpaired) electrons. The van der Waals surface area contributed by atoms with Gasteiger partial charge in [0, 0.05) is 17.7 Å². The summed E-state index contributed by atoms with van der Waals surface area (Å²) in [6.07, 6.45) is 0. The molecule has 6 nitrogen and oxygen atoms in total. The fourth-order valence-corrected chi connectivity index (χ4v) is 2.89. The molecule has 28 heavy (non-hydrogen) atoms. The van der Waals surface area contributed by atoms with Gasteiger partial charge in [0.2, 0.25) is 5.95 Å². The molecule has 4 N–H and O–H groups in total. The summed E-state index contributed by atoms with van der Waals surface area (Å²) < 4.78 is 0. The molecule has 2 aromatic carbocycles. The summed E-state index contributed by atoms with van der Waals surface area (Å²) in [4.78, 5) is 9.13. The first-order valence-corrected chi connectivity index (χ1v) is 9.41. The van der Waals surface area contributed by atoms with Crippen molar-refractivity contribution in [3.63, 3.8) is 0 Å². The third-order valence-corrected chi connectivity index (χ3v) is 4.64. The Morgan fingerprint density at radius 1 is 1.04 bits per heavy atom. The fourth-order valence-electron chi connectivity index (χ4n) is 2.66. The predicted molar refractivity (Wildman–Crippen MR) is 113 cm³/mol.